The molecule has 1 aromatic rings. The lowest BCUT2D eigenvalue weighted by Gasteiger charge is -2.35. The minimum atomic E-state index is 0.384. The second-order valence-corrected chi connectivity index (χ2v) is 4.59. The van der Waals surface area contributed by atoms with Gasteiger partial charge in [0.2, 0.25) is 0 Å². The van der Waals surface area contributed by atoms with Gasteiger partial charge in [0, 0.05) is 6.07 Å². The lowest BCUT2D eigenvalue weighted by molar-refractivity contribution is 0.233. The fourth-order valence-corrected chi connectivity index (χ4v) is 2.32. The van der Waals surface area contributed by atoms with Gasteiger partial charge in [0.25, 0.3) is 0 Å². The Balaban J connectivity index is 2.32. The summed E-state index contributed by atoms with van der Waals surface area (Å²) in [7, 11) is 1.59. The summed E-state index contributed by atoms with van der Waals surface area (Å²) in [5.41, 5.74) is 0.973. The maximum absolute atomic E-state index is 6.35. The highest BCUT2D eigenvalue weighted by molar-refractivity contribution is 6.30. The number of pyridine rings is 1. The lowest BCUT2D eigenvalue weighted by Crippen LogP contribution is -2.58. The molecule has 0 aromatic carbocycles. The van der Waals surface area contributed by atoms with Crippen LogP contribution in [0.15, 0.2) is 12.3 Å². The van der Waals surface area contributed by atoms with E-state index in [9.17, 15) is 0 Å². The predicted octanol–water partition coefficient (Wildman–Crippen LogP) is 2.11. The molecule has 1 aliphatic heterocycles. The molecular formula is C11H17ClN3O+. The summed E-state index contributed by atoms with van der Waals surface area (Å²) < 4.78 is 5.61. The second kappa shape index (κ2) is 4.57. The summed E-state index contributed by atoms with van der Waals surface area (Å²) in [5.74, 6) is 6.94. The van der Waals surface area contributed by atoms with Crippen LogP contribution in [0, 0.1) is 0 Å². The molecule has 1 aromatic heterocycles. The molecule has 88 valence electrons. The Labute approximate surface area is 101 Å². The van der Waals surface area contributed by atoms with E-state index in [1.807, 2.05) is 6.07 Å². The highest BCUT2D eigenvalue weighted by Crippen LogP contribution is 2.30. The third kappa shape index (κ3) is 2.14. The fourth-order valence-electron chi connectivity index (χ4n) is 2.14. The maximum Gasteiger partial charge on any atom is 0.174 e. The van der Waals surface area contributed by atoms with Gasteiger partial charge in [0.15, 0.2) is 16.6 Å². The van der Waals surface area contributed by atoms with E-state index >= 15 is 0 Å². The van der Waals surface area contributed by atoms with Crippen LogP contribution in [-0.2, 0) is 0 Å². The zero-order valence-corrected chi connectivity index (χ0v) is 10.2. The van der Waals surface area contributed by atoms with Crippen molar-refractivity contribution in [3.8, 4) is 5.75 Å². The van der Waals surface area contributed by atoms with E-state index in [4.69, 9.17) is 22.2 Å². The molecule has 0 unspecified atom stereocenters. The van der Waals surface area contributed by atoms with Crippen LogP contribution in [0.4, 0.5) is 5.69 Å². The molecule has 2 N–H and O–H groups in total. The number of piperidine rings is 1. The van der Waals surface area contributed by atoms with E-state index in [-0.39, 0.29) is 0 Å². The normalized spacial score (nSPS) is 19.4. The largest absolute Gasteiger partial charge is 0.493 e. The molecule has 1 aliphatic rings. The summed E-state index contributed by atoms with van der Waals surface area (Å²) in [6.07, 6.45) is 5.31. The molecule has 0 bridgehead atoms. The molecule has 1 saturated heterocycles. The third-order valence-corrected chi connectivity index (χ3v) is 3.42. The first-order valence-corrected chi connectivity index (χ1v) is 5.89. The Bertz CT molecular complexity index is 377. The van der Waals surface area contributed by atoms with Crippen molar-refractivity contribution in [3.63, 3.8) is 0 Å². The van der Waals surface area contributed by atoms with Crippen molar-refractivity contribution in [3.05, 3.63) is 17.4 Å². The monoisotopic (exact) mass is 242 g/mol. The van der Waals surface area contributed by atoms with E-state index in [2.05, 4.69) is 4.98 Å². The molecule has 5 heteroatoms. The van der Waals surface area contributed by atoms with Gasteiger partial charge in [-0.15, -0.1) is 0 Å². The maximum atomic E-state index is 6.35. The molecule has 2 heterocycles. The number of ether oxygens (including phenoxy) is 1. The number of rotatable bonds is 2. The number of nitrogens with two attached hydrogens (primary N) is 1. The second-order valence-electron chi connectivity index (χ2n) is 4.23. The molecule has 2 rings (SSSR count). The molecule has 16 heavy (non-hydrogen) atoms. The highest BCUT2D eigenvalue weighted by Gasteiger charge is 2.30. The van der Waals surface area contributed by atoms with Crippen molar-refractivity contribution in [2.45, 2.75) is 19.3 Å². The van der Waals surface area contributed by atoms with Crippen molar-refractivity contribution < 1.29 is 4.74 Å². The fraction of sp³-hybridized carbons (Fsp3) is 0.545. The molecule has 1 fully saturated rings. The first-order valence-electron chi connectivity index (χ1n) is 5.51. The molecule has 0 atom stereocenters. The molecule has 0 aliphatic carbocycles. The standard InChI is InChI=1S/C11H17ClN3O/c1-16-10-7-9(8-14-11(10)12)15(13)5-3-2-4-6-15/h7-8H,2-6,13H2,1H3/q+1. The molecule has 0 amide bonds. The number of aromatic nitrogens is 1. The van der Waals surface area contributed by atoms with Crippen molar-refractivity contribution in [2.24, 2.45) is 5.84 Å². The predicted molar refractivity (Wildman–Crippen MR) is 65.4 cm³/mol. The number of hydrogen-bond acceptors (Lipinski definition) is 3. The van der Waals surface area contributed by atoms with Gasteiger partial charge in [-0.3, -0.25) is 0 Å². The highest BCUT2D eigenvalue weighted by atomic mass is 35.5. The lowest BCUT2D eigenvalue weighted by atomic mass is 10.1. The number of nitrogens with zero attached hydrogens (tertiary/aromatic N) is 2. The average Bonchev–Trinajstić information content (AvgIpc) is 2.30. The van der Waals surface area contributed by atoms with E-state index < -0.39 is 0 Å². The van der Waals surface area contributed by atoms with Crippen molar-refractivity contribution in [2.75, 3.05) is 20.2 Å². The van der Waals surface area contributed by atoms with Crippen LogP contribution in [0.25, 0.3) is 0 Å². The van der Waals surface area contributed by atoms with E-state index in [0.717, 1.165) is 31.6 Å². The molecule has 4 nitrogen and oxygen atoms in total. The Morgan fingerprint density at radius 2 is 2.06 bits per heavy atom. The van der Waals surface area contributed by atoms with Crippen LogP contribution >= 0.6 is 11.6 Å². The minimum Gasteiger partial charge on any atom is -0.493 e. The topological polar surface area (TPSA) is 48.1 Å². The van der Waals surface area contributed by atoms with Gasteiger partial charge in [-0.25, -0.2) is 9.58 Å². The number of quaternary nitrogens is 1. The van der Waals surface area contributed by atoms with Gasteiger partial charge < -0.3 is 4.74 Å². The SMILES string of the molecule is COc1cc([N+]2(N)CCCCC2)cnc1Cl. The summed E-state index contributed by atoms with van der Waals surface area (Å²) in [6, 6.07) is 1.89. The quantitative estimate of drug-likeness (QED) is 0.491. The number of halogens is 1. The molecule has 0 saturated carbocycles. The van der Waals surface area contributed by atoms with Crippen LogP contribution in [0.3, 0.4) is 0 Å². The third-order valence-electron chi connectivity index (χ3n) is 3.14. The summed E-state index contributed by atoms with van der Waals surface area (Å²) in [6.45, 7) is 1.90. The molecular weight excluding hydrogens is 226 g/mol. The summed E-state index contributed by atoms with van der Waals surface area (Å²) >= 11 is 5.90. The van der Waals surface area contributed by atoms with Gasteiger partial charge in [-0.1, -0.05) is 11.6 Å². The van der Waals surface area contributed by atoms with E-state index in [0.29, 0.717) is 15.5 Å². The smallest absolute Gasteiger partial charge is 0.174 e. The van der Waals surface area contributed by atoms with Gasteiger partial charge in [0.05, 0.1) is 13.3 Å². The zero-order chi connectivity index (χ0) is 11.6. The number of methoxy groups -OCH3 is 1. The van der Waals surface area contributed by atoms with Crippen LogP contribution in [0.1, 0.15) is 19.3 Å². The molecule has 0 radical (unpaired) electrons. The van der Waals surface area contributed by atoms with Crippen LogP contribution in [0.2, 0.25) is 5.15 Å². The average molecular weight is 243 g/mol. The van der Waals surface area contributed by atoms with Gasteiger partial charge in [-0.05, 0) is 19.3 Å². The van der Waals surface area contributed by atoms with Crippen molar-refractivity contribution in [1.29, 1.82) is 0 Å². The van der Waals surface area contributed by atoms with Crippen molar-refractivity contribution in [1.82, 2.24) is 9.58 Å². The van der Waals surface area contributed by atoms with Crippen LogP contribution in [-0.4, -0.2) is 25.2 Å². The zero-order valence-electron chi connectivity index (χ0n) is 9.45. The van der Waals surface area contributed by atoms with Gasteiger partial charge in [0.1, 0.15) is 13.1 Å². The van der Waals surface area contributed by atoms with Crippen LogP contribution < -0.4 is 15.2 Å². The first-order chi connectivity index (χ1) is 7.65. The number of hydrogen-bond donors (Lipinski definition) is 1. The summed E-state index contributed by atoms with van der Waals surface area (Å²) in [4.78, 5) is 4.12. The van der Waals surface area contributed by atoms with E-state index in [1.165, 1.54) is 6.42 Å². The Hall–Kier alpha value is -0.840. The Morgan fingerprint density at radius 1 is 1.38 bits per heavy atom. The Kier molecular flexibility index (Phi) is 3.33. The van der Waals surface area contributed by atoms with Gasteiger partial charge in [-0.2, -0.15) is 5.84 Å². The molecule has 0 spiro atoms. The minimum absolute atomic E-state index is 0.384. The first kappa shape index (κ1) is 11.6. The van der Waals surface area contributed by atoms with Crippen LogP contribution in [0.5, 0.6) is 5.75 Å². The Morgan fingerprint density at radius 3 is 2.69 bits per heavy atom. The van der Waals surface area contributed by atoms with E-state index in [1.54, 1.807) is 13.3 Å². The summed E-state index contributed by atoms with van der Waals surface area (Å²) in [5, 5.41) is 0.384. The van der Waals surface area contributed by atoms with Crippen molar-refractivity contribution >= 4 is 17.3 Å². The van der Waals surface area contributed by atoms with Gasteiger partial charge >= 0.3 is 0 Å².